The minimum atomic E-state index is -0.304. The Morgan fingerprint density at radius 3 is 2.69 bits per heavy atom. The van der Waals surface area contributed by atoms with Gasteiger partial charge < -0.3 is 10.2 Å². The summed E-state index contributed by atoms with van der Waals surface area (Å²) >= 11 is 11.4. The van der Waals surface area contributed by atoms with Crippen molar-refractivity contribution in [2.75, 3.05) is 19.4 Å². The predicted molar refractivity (Wildman–Crippen MR) is 116 cm³/mol. The Hall–Kier alpha value is -2.97. The van der Waals surface area contributed by atoms with Crippen LogP contribution in [0.2, 0.25) is 5.02 Å². The summed E-state index contributed by atoms with van der Waals surface area (Å²) in [6, 6.07) is 12.6. The molecule has 2 amide bonds. The maximum absolute atomic E-state index is 12.6. The van der Waals surface area contributed by atoms with Crippen LogP contribution in [0.4, 0.5) is 5.69 Å². The van der Waals surface area contributed by atoms with Crippen LogP contribution in [0.1, 0.15) is 15.9 Å². The standard InChI is InChI=1S/C20H20ClN5O2S/c1-12-5-4-6-13(9-12)18-23-24-20(29)26(18)11-17(27)22-14-7-8-16(21)15(10-14)19(28)25(2)3/h4-10H,11H2,1-3H3,(H,22,27)(H,24,29). The Morgan fingerprint density at radius 1 is 1.24 bits per heavy atom. The molecule has 0 radical (unpaired) electrons. The summed E-state index contributed by atoms with van der Waals surface area (Å²) in [6.45, 7) is 1.95. The maximum Gasteiger partial charge on any atom is 0.254 e. The van der Waals surface area contributed by atoms with E-state index in [1.54, 1.807) is 36.9 Å². The Kier molecular flexibility index (Phi) is 6.14. The number of halogens is 1. The number of nitrogens with zero attached hydrogens (tertiary/aromatic N) is 3. The van der Waals surface area contributed by atoms with Gasteiger partial charge in [0.1, 0.15) is 6.54 Å². The number of benzene rings is 2. The highest BCUT2D eigenvalue weighted by atomic mass is 35.5. The van der Waals surface area contributed by atoms with Crippen LogP contribution in [0.15, 0.2) is 42.5 Å². The molecule has 150 valence electrons. The van der Waals surface area contributed by atoms with Crippen LogP contribution in [0.25, 0.3) is 11.4 Å². The number of carbonyl (C=O) groups excluding carboxylic acids is 2. The fraction of sp³-hybridized carbons (Fsp3) is 0.200. The van der Waals surface area contributed by atoms with Crippen molar-refractivity contribution in [3.63, 3.8) is 0 Å². The van der Waals surface area contributed by atoms with Crippen molar-refractivity contribution >= 4 is 41.3 Å². The second-order valence-electron chi connectivity index (χ2n) is 6.75. The minimum absolute atomic E-state index is 0.0296. The number of amides is 2. The molecule has 2 N–H and O–H groups in total. The summed E-state index contributed by atoms with van der Waals surface area (Å²) in [5.74, 6) is 0.0281. The molecule has 0 aliphatic carbocycles. The van der Waals surface area contributed by atoms with Gasteiger partial charge in [-0.05, 0) is 43.4 Å². The van der Waals surface area contributed by atoms with Crippen molar-refractivity contribution in [2.24, 2.45) is 0 Å². The van der Waals surface area contributed by atoms with Gasteiger partial charge in [0.2, 0.25) is 5.91 Å². The van der Waals surface area contributed by atoms with Crippen molar-refractivity contribution < 1.29 is 9.59 Å². The molecule has 0 aliphatic rings. The van der Waals surface area contributed by atoms with Gasteiger partial charge in [-0.25, -0.2) is 0 Å². The van der Waals surface area contributed by atoms with E-state index in [9.17, 15) is 9.59 Å². The normalized spacial score (nSPS) is 10.6. The van der Waals surface area contributed by atoms with Gasteiger partial charge in [-0.15, -0.1) is 0 Å². The highest BCUT2D eigenvalue weighted by molar-refractivity contribution is 7.71. The van der Waals surface area contributed by atoms with Gasteiger partial charge >= 0.3 is 0 Å². The van der Waals surface area contributed by atoms with E-state index in [0.29, 0.717) is 26.9 Å². The molecule has 7 nitrogen and oxygen atoms in total. The molecule has 0 fully saturated rings. The first-order valence-corrected chi connectivity index (χ1v) is 9.58. The second-order valence-corrected chi connectivity index (χ2v) is 7.54. The fourth-order valence-electron chi connectivity index (χ4n) is 2.82. The summed E-state index contributed by atoms with van der Waals surface area (Å²) < 4.78 is 1.97. The zero-order valence-corrected chi connectivity index (χ0v) is 17.8. The van der Waals surface area contributed by atoms with Crippen molar-refractivity contribution in [3.05, 3.63) is 63.4 Å². The number of H-pyrrole nitrogens is 1. The summed E-state index contributed by atoms with van der Waals surface area (Å²) in [5.41, 5.74) is 2.72. The Morgan fingerprint density at radius 2 is 2.00 bits per heavy atom. The molecule has 0 saturated carbocycles. The lowest BCUT2D eigenvalue weighted by Crippen LogP contribution is -2.23. The lowest BCUT2D eigenvalue weighted by molar-refractivity contribution is -0.116. The highest BCUT2D eigenvalue weighted by Crippen LogP contribution is 2.22. The molecule has 0 atom stereocenters. The second kappa shape index (κ2) is 8.59. The Labute approximate surface area is 178 Å². The third kappa shape index (κ3) is 4.72. The summed E-state index contributed by atoms with van der Waals surface area (Å²) in [6.07, 6.45) is 0. The molecule has 1 aromatic heterocycles. The molecule has 0 unspecified atom stereocenters. The Balaban J connectivity index is 1.82. The number of aryl methyl sites for hydroxylation is 1. The average molecular weight is 430 g/mol. The number of aromatic amines is 1. The van der Waals surface area contributed by atoms with Crippen LogP contribution in [-0.2, 0) is 11.3 Å². The van der Waals surface area contributed by atoms with Crippen molar-refractivity contribution in [3.8, 4) is 11.4 Å². The zero-order chi connectivity index (χ0) is 21.1. The first-order chi connectivity index (χ1) is 13.8. The van der Waals surface area contributed by atoms with E-state index in [4.69, 9.17) is 23.8 Å². The Bertz CT molecular complexity index is 1140. The van der Waals surface area contributed by atoms with E-state index in [0.717, 1.165) is 11.1 Å². The predicted octanol–water partition coefficient (Wildman–Crippen LogP) is 3.91. The number of rotatable bonds is 5. The molecule has 3 aromatic rings. The lowest BCUT2D eigenvalue weighted by Gasteiger charge is -2.13. The van der Waals surface area contributed by atoms with E-state index in [2.05, 4.69) is 15.5 Å². The van der Waals surface area contributed by atoms with Gasteiger partial charge in [0, 0.05) is 25.3 Å². The first-order valence-electron chi connectivity index (χ1n) is 8.79. The smallest absolute Gasteiger partial charge is 0.254 e. The van der Waals surface area contributed by atoms with E-state index in [1.807, 2.05) is 31.2 Å². The fourth-order valence-corrected chi connectivity index (χ4v) is 3.22. The van der Waals surface area contributed by atoms with Gasteiger partial charge in [0.15, 0.2) is 10.6 Å². The molecule has 29 heavy (non-hydrogen) atoms. The first kappa shape index (κ1) is 20.8. The number of hydrogen-bond donors (Lipinski definition) is 2. The van der Waals surface area contributed by atoms with Gasteiger partial charge in [-0.1, -0.05) is 35.4 Å². The van der Waals surface area contributed by atoms with Gasteiger partial charge in [-0.3, -0.25) is 19.3 Å². The molecular formula is C20H20ClN5O2S. The molecule has 1 heterocycles. The summed E-state index contributed by atoms with van der Waals surface area (Å²) in [5, 5.41) is 10.1. The number of aromatic nitrogens is 3. The van der Waals surface area contributed by atoms with Crippen LogP contribution in [-0.4, -0.2) is 45.6 Å². The third-order valence-electron chi connectivity index (χ3n) is 4.22. The van der Waals surface area contributed by atoms with Gasteiger partial charge in [-0.2, -0.15) is 5.10 Å². The molecular weight excluding hydrogens is 410 g/mol. The van der Waals surface area contributed by atoms with Gasteiger partial charge in [0.05, 0.1) is 10.6 Å². The quantitative estimate of drug-likeness (QED) is 0.602. The van der Waals surface area contributed by atoms with Crippen LogP contribution < -0.4 is 5.32 Å². The molecule has 3 rings (SSSR count). The third-order valence-corrected chi connectivity index (χ3v) is 4.86. The molecule has 0 bridgehead atoms. The van der Waals surface area contributed by atoms with Crippen molar-refractivity contribution in [1.82, 2.24) is 19.7 Å². The molecule has 0 aliphatic heterocycles. The van der Waals surface area contributed by atoms with E-state index < -0.39 is 0 Å². The minimum Gasteiger partial charge on any atom is -0.345 e. The van der Waals surface area contributed by atoms with E-state index >= 15 is 0 Å². The largest absolute Gasteiger partial charge is 0.345 e. The average Bonchev–Trinajstić information content (AvgIpc) is 3.03. The van der Waals surface area contributed by atoms with Crippen LogP contribution in [0.5, 0.6) is 0 Å². The lowest BCUT2D eigenvalue weighted by atomic mass is 10.1. The highest BCUT2D eigenvalue weighted by Gasteiger charge is 2.16. The summed E-state index contributed by atoms with van der Waals surface area (Å²) in [4.78, 5) is 26.3. The SMILES string of the molecule is Cc1cccc(-c2n[nH]c(=S)n2CC(=O)Nc2ccc(Cl)c(C(=O)N(C)C)c2)c1. The number of carbonyl (C=O) groups is 2. The van der Waals surface area contributed by atoms with Crippen molar-refractivity contribution in [1.29, 1.82) is 0 Å². The molecule has 2 aromatic carbocycles. The number of nitrogens with one attached hydrogen (secondary N) is 2. The van der Waals surface area contributed by atoms with Crippen molar-refractivity contribution in [2.45, 2.75) is 13.5 Å². The van der Waals surface area contributed by atoms with E-state index in [1.165, 1.54) is 4.90 Å². The van der Waals surface area contributed by atoms with Crippen LogP contribution >= 0.6 is 23.8 Å². The number of anilines is 1. The monoisotopic (exact) mass is 429 g/mol. The van der Waals surface area contributed by atoms with Gasteiger partial charge in [0.25, 0.3) is 5.91 Å². The van der Waals surface area contributed by atoms with Crippen LogP contribution in [0, 0.1) is 11.7 Å². The maximum atomic E-state index is 12.6. The molecule has 0 saturated heterocycles. The topological polar surface area (TPSA) is 83.0 Å². The van der Waals surface area contributed by atoms with Crippen LogP contribution in [0.3, 0.4) is 0 Å². The zero-order valence-electron chi connectivity index (χ0n) is 16.2. The summed E-state index contributed by atoms with van der Waals surface area (Å²) in [7, 11) is 3.27. The number of hydrogen-bond acceptors (Lipinski definition) is 4. The van der Waals surface area contributed by atoms with E-state index in [-0.39, 0.29) is 18.4 Å². The molecule has 0 spiro atoms. The molecule has 9 heteroatoms.